The Kier molecular flexibility index (Phi) is 3.23. The minimum Gasteiger partial charge on any atom is -0.386 e. The van der Waals surface area contributed by atoms with Crippen LogP contribution < -0.4 is 0 Å². The van der Waals surface area contributed by atoms with E-state index < -0.39 is 27.9 Å². The Balaban J connectivity index is 2.15. The van der Waals surface area contributed by atoms with Crippen molar-refractivity contribution in [2.45, 2.75) is 18.9 Å². The van der Waals surface area contributed by atoms with Crippen molar-refractivity contribution in [1.82, 2.24) is 4.90 Å². The van der Waals surface area contributed by atoms with E-state index in [2.05, 4.69) is 0 Å². The van der Waals surface area contributed by atoms with Gasteiger partial charge in [0.25, 0.3) is 11.6 Å². The molecular formula is C12H13FN2O4. The Morgan fingerprint density at radius 1 is 1.58 bits per heavy atom. The highest BCUT2D eigenvalue weighted by atomic mass is 19.1. The number of carbonyl (C=O) groups is 1. The summed E-state index contributed by atoms with van der Waals surface area (Å²) >= 11 is 0. The number of nitrogens with zero attached hydrogens (tertiary/aromatic N) is 2. The van der Waals surface area contributed by atoms with Crippen LogP contribution in [0.15, 0.2) is 18.2 Å². The summed E-state index contributed by atoms with van der Waals surface area (Å²) in [6.07, 6.45) is 0.513. The zero-order valence-corrected chi connectivity index (χ0v) is 10.3. The van der Waals surface area contributed by atoms with E-state index in [1.54, 1.807) is 6.92 Å². The first-order chi connectivity index (χ1) is 8.86. The predicted octanol–water partition coefficient (Wildman–Crippen LogP) is 1.33. The first kappa shape index (κ1) is 13.4. The molecule has 1 aromatic rings. The molecule has 0 saturated carbocycles. The van der Waals surface area contributed by atoms with Gasteiger partial charge in [0.2, 0.25) is 0 Å². The van der Waals surface area contributed by atoms with Crippen molar-refractivity contribution in [1.29, 1.82) is 0 Å². The average Bonchev–Trinajstić information content (AvgIpc) is 2.34. The zero-order chi connectivity index (χ0) is 14.2. The average molecular weight is 268 g/mol. The second-order valence-electron chi connectivity index (χ2n) is 4.66. The van der Waals surface area contributed by atoms with E-state index in [4.69, 9.17) is 0 Å². The Labute approximate surface area is 108 Å². The summed E-state index contributed by atoms with van der Waals surface area (Å²) in [6.45, 7) is 2.10. The van der Waals surface area contributed by atoms with Gasteiger partial charge in [-0.2, -0.15) is 0 Å². The predicted molar refractivity (Wildman–Crippen MR) is 64.2 cm³/mol. The number of β-amino-alcohol motifs (C(OH)–C–C–N with tert-alkyl or cyclic N) is 1. The van der Waals surface area contributed by atoms with Gasteiger partial charge in [-0.05, 0) is 12.5 Å². The minimum absolute atomic E-state index is 0.152. The summed E-state index contributed by atoms with van der Waals surface area (Å²) in [5.41, 5.74) is -1.51. The molecule has 102 valence electrons. The Morgan fingerprint density at radius 3 is 2.68 bits per heavy atom. The normalized spacial score (nSPS) is 16.9. The van der Waals surface area contributed by atoms with Gasteiger partial charge < -0.3 is 10.0 Å². The number of hydrogen-bond acceptors (Lipinski definition) is 4. The number of nitro benzene ring substituents is 1. The molecule has 1 fully saturated rings. The second kappa shape index (κ2) is 4.58. The maximum atomic E-state index is 13.6. The maximum absolute atomic E-state index is 13.6. The van der Waals surface area contributed by atoms with E-state index in [0.29, 0.717) is 6.42 Å². The van der Waals surface area contributed by atoms with E-state index in [9.17, 15) is 24.4 Å². The van der Waals surface area contributed by atoms with Crippen LogP contribution in [0.25, 0.3) is 0 Å². The van der Waals surface area contributed by atoms with Crippen molar-refractivity contribution >= 4 is 11.6 Å². The van der Waals surface area contributed by atoms with Gasteiger partial charge in [-0.1, -0.05) is 6.92 Å². The van der Waals surface area contributed by atoms with E-state index in [1.807, 2.05) is 0 Å². The molecule has 1 saturated heterocycles. The molecule has 1 aliphatic heterocycles. The maximum Gasteiger partial charge on any atom is 0.272 e. The fourth-order valence-electron chi connectivity index (χ4n) is 1.99. The Bertz CT molecular complexity index is 541. The van der Waals surface area contributed by atoms with Gasteiger partial charge in [-0.25, -0.2) is 4.39 Å². The highest BCUT2D eigenvalue weighted by molar-refractivity contribution is 5.95. The molecule has 0 aromatic heterocycles. The summed E-state index contributed by atoms with van der Waals surface area (Å²) in [5, 5.41) is 20.3. The molecule has 1 aromatic carbocycles. The quantitative estimate of drug-likeness (QED) is 0.662. The summed E-state index contributed by atoms with van der Waals surface area (Å²) < 4.78 is 13.6. The summed E-state index contributed by atoms with van der Waals surface area (Å²) in [6, 6.07) is 2.90. The van der Waals surface area contributed by atoms with Crippen LogP contribution in [0.4, 0.5) is 10.1 Å². The fourth-order valence-corrected chi connectivity index (χ4v) is 1.99. The number of nitro groups is 1. The lowest BCUT2D eigenvalue weighted by Crippen LogP contribution is -2.63. The van der Waals surface area contributed by atoms with E-state index in [0.717, 1.165) is 18.2 Å². The van der Waals surface area contributed by atoms with Crippen LogP contribution in [0.1, 0.15) is 23.7 Å². The molecule has 0 radical (unpaired) electrons. The van der Waals surface area contributed by atoms with Crippen LogP contribution in [-0.2, 0) is 0 Å². The highest BCUT2D eigenvalue weighted by Crippen LogP contribution is 2.27. The largest absolute Gasteiger partial charge is 0.386 e. The molecule has 0 bridgehead atoms. The van der Waals surface area contributed by atoms with Gasteiger partial charge in [0.05, 0.1) is 35.2 Å². The molecule has 1 N–H and O–H groups in total. The van der Waals surface area contributed by atoms with Crippen molar-refractivity contribution < 1.29 is 19.2 Å². The lowest BCUT2D eigenvalue weighted by Gasteiger charge is -2.46. The lowest BCUT2D eigenvalue weighted by molar-refractivity contribution is -0.385. The fraction of sp³-hybridized carbons (Fsp3) is 0.417. The molecule has 1 aliphatic rings. The number of rotatable bonds is 3. The minimum atomic E-state index is -0.925. The first-order valence-electron chi connectivity index (χ1n) is 5.82. The van der Waals surface area contributed by atoms with Crippen molar-refractivity contribution in [3.05, 3.63) is 39.7 Å². The Hall–Kier alpha value is -2.02. The molecule has 2 rings (SSSR count). The van der Waals surface area contributed by atoms with Gasteiger partial charge in [-0.15, -0.1) is 0 Å². The summed E-state index contributed by atoms with van der Waals surface area (Å²) in [4.78, 5) is 23.0. The van der Waals surface area contributed by atoms with Crippen LogP contribution in [-0.4, -0.2) is 39.5 Å². The smallest absolute Gasteiger partial charge is 0.272 e. The molecule has 0 aliphatic carbocycles. The molecule has 0 spiro atoms. The SMILES string of the molecule is CCC1(O)CN(C(=O)c2ccc([N+](=O)[O-])cc2F)C1. The van der Waals surface area contributed by atoms with Crippen LogP contribution >= 0.6 is 0 Å². The third-order valence-electron chi connectivity index (χ3n) is 3.31. The van der Waals surface area contributed by atoms with Gasteiger partial charge in [0.1, 0.15) is 5.82 Å². The van der Waals surface area contributed by atoms with Crippen molar-refractivity contribution in [2.75, 3.05) is 13.1 Å². The summed E-state index contributed by atoms with van der Waals surface area (Å²) in [7, 11) is 0. The molecule has 1 amide bonds. The first-order valence-corrected chi connectivity index (χ1v) is 5.82. The van der Waals surface area contributed by atoms with Crippen LogP contribution in [0, 0.1) is 15.9 Å². The van der Waals surface area contributed by atoms with Gasteiger partial charge in [0.15, 0.2) is 0 Å². The number of halogens is 1. The standard InChI is InChI=1S/C12H13FN2O4/c1-2-12(17)6-14(7-12)11(16)9-4-3-8(15(18)19)5-10(9)13/h3-5,17H,2,6-7H2,1H3. The van der Waals surface area contributed by atoms with Gasteiger partial charge in [0, 0.05) is 6.07 Å². The topological polar surface area (TPSA) is 83.7 Å². The number of amides is 1. The third-order valence-corrected chi connectivity index (χ3v) is 3.31. The highest BCUT2D eigenvalue weighted by Gasteiger charge is 2.42. The number of carbonyl (C=O) groups excluding carboxylic acids is 1. The van der Waals surface area contributed by atoms with Crippen LogP contribution in [0.5, 0.6) is 0 Å². The Morgan fingerprint density at radius 2 is 2.21 bits per heavy atom. The lowest BCUT2D eigenvalue weighted by atomic mass is 9.90. The van der Waals surface area contributed by atoms with Gasteiger partial charge in [-0.3, -0.25) is 14.9 Å². The second-order valence-corrected chi connectivity index (χ2v) is 4.66. The molecular weight excluding hydrogens is 255 g/mol. The number of likely N-dealkylation sites (tertiary alicyclic amines) is 1. The number of aliphatic hydroxyl groups is 1. The van der Waals surface area contributed by atoms with E-state index in [-0.39, 0.29) is 18.7 Å². The monoisotopic (exact) mass is 268 g/mol. The molecule has 0 unspecified atom stereocenters. The van der Waals surface area contributed by atoms with E-state index in [1.165, 1.54) is 4.90 Å². The number of hydrogen-bond donors (Lipinski definition) is 1. The zero-order valence-electron chi connectivity index (χ0n) is 10.3. The van der Waals surface area contributed by atoms with Crippen molar-refractivity contribution in [3.63, 3.8) is 0 Å². The van der Waals surface area contributed by atoms with Crippen LogP contribution in [0.2, 0.25) is 0 Å². The van der Waals surface area contributed by atoms with Crippen LogP contribution in [0.3, 0.4) is 0 Å². The number of benzene rings is 1. The molecule has 0 atom stereocenters. The van der Waals surface area contributed by atoms with Crippen molar-refractivity contribution in [3.8, 4) is 0 Å². The molecule has 1 heterocycles. The molecule has 7 heteroatoms. The van der Waals surface area contributed by atoms with E-state index >= 15 is 0 Å². The molecule has 19 heavy (non-hydrogen) atoms. The summed E-state index contributed by atoms with van der Waals surface area (Å²) in [5.74, 6) is -1.49. The number of non-ortho nitro benzene ring substituents is 1. The molecule has 6 nitrogen and oxygen atoms in total. The third kappa shape index (κ3) is 2.41. The van der Waals surface area contributed by atoms with Gasteiger partial charge >= 0.3 is 0 Å². The van der Waals surface area contributed by atoms with Crippen molar-refractivity contribution in [2.24, 2.45) is 0 Å².